The van der Waals surface area contributed by atoms with Crippen molar-refractivity contribution in [2.24, 2.45) is 5.92 Å². The topological polar surface area (TPSA) is 118 Å². The summed E-state index contributed by atoms with van der Waals surface area (Å²) in [6, 6.07) is 36.0. The maximum absolute atomic E-state index is 15.5. The Morgan fingerprint density at radius 1 is 0.852 bits per heavy atom. The average Bonchev–Trinajstić information content (AvgIpc) is 3.92. The normalized spacial score (nSPS) is 23.1. The summed E-state index contributed by atoms with van der Waals surface area (Å²) in [7, 11) is 0.733. The maximum atomic E-state index is 15.5. The third-order valence-corrected chi connectivity index (χ3v) is 17.9. The Morgan fingerprint density at radius 3 is 2.26 bits per heavy atom. The minimum atomic E-state index is -2.53. The van der Waals surface area contributed by atoms with E-state index in [2.05, 4.69) is 32.2 Å². The SMILES string of the molecule is COc1ccc([Si](C)(C)[C@H]2[C@H](CC(=O)N3CCC[C@H]3CO)O[C@@]3(C(=O)N(Cc4ccc(N5C(=O)c6ccccc6Oc6ccccc65)cc4)c4ccc(OC)cc43)[C@@H]2C)cc1. The van der Waals surface area contributed by atoms with Crippen molar-refractivity contribution in [3.8, 4) is 23.0 Å². The van der Waals surface area contributed by atoms with E-state index in [1.54, 1.807) is 41.1 Å². The largest absolute Gasteiger partial charge is 0.497 e. The molecule has 4 aliphatic rings. The number of hydrogen-bond acceptors (Lipinski definition) is 8. The van der Waals surface area contributed by atoms with Gasteiger partial charge in [-0.2, -0.15) is 0 Å². The molecule has 4 heterocycles. The van der Waals surface area contributed by atoms with Crippen molar-refractivity contribution >= 4 is 48.0 Å². The number of aliphatic hydroxyl groups is 1. The highest BCUT2D eigenvalue weighted by Gasteiger charge is 2.66. The van der Waals surface area contributed by atoms with Gasteiger partial charge in [-0.1, -0.05) is 73.7 Å². The molecule has 0 radical (unpaired) electrons. The summed E-state index contributed by atoms with van der Waals surface area (Å²) in [6.45, 7) is 7.45. The molecule has 5 aromatic carbocycles. The Balaban J connectivity index is 1.08. The molecular weight excluding hydrogens is 787 g/mol. The summed E-state index contributed by atoms with van der Waals surface area (Å²) in [5.41, 5.74) is 2.50. The summed E-state index contributed by atoms with van der Waals surface area (Å²) >= 11 is 0. The van der Waals surface area contributed by atoms with Crippen LogP contribution in [-0.4, -0.2) is 75.3 Å². The number of hydrogen-bond donors (Lipinski definition) is 1. The molecule has 314 valence electrons. The van der Waals surface area contributed by atoms with Gasteiger partial charge in [-0.3, -0.25) is 19.3 Å². The van der Waals surface area contributed by atoms with Gasteiger partial charge in [0.05, 0.1) is 70.9 Å². The van der Waals surface area contributed by atoms with Crippen LogP contribution in [0.25, 0.3) is 0 Å². The van der Waals surface area contributed by atoms with Gasteiger partial charge in [-0.15, -0.1) is 0 Å². The second-order valence-corrected chi connectivity index (χ2v) is 21.8. The number of carbonyl (C=O) groups excluding carboxylic acids is 3. The number of rotatable bonds is 10. The third-order valence-electron chi connectivity index (χ3n) is 13.5. The van der Waals surface area contributed by atoms with E-state index in [0.717, 1.165) is 35.4 Å². The van der Waals surface area contributed by atoms with Crippen molar-refractivity contribution in [2.45, 2.75) is 69.1 Å². The van der Waals surface area contributed by atoms with E-state index in [9.17, 15) is 14.7 Å². The van der Waals surface area contributed by atoms with Crippen LogP contribution in [0.5, 0.6) is 23.0 Å². The fraction of sp³-hybridized carbons (Fsp3) is 0.327. The predicted octanol–water partition coefficient (Wildman–Crippen LogP) is 7.92. The molecule has 11 nitrogen and oxygen atoms in total. The number of likely N-dealkylation sites (tertiary alicyclic amines) is 1. The Morgan fingerprint density at radius 2 is 1.54 bits per heavy atom. The number of para-hydroxylation sites is 3. The number of anilines is 3. The first-order valence-electron chi connectivity index (χ1n) is 21.0. The number of carbonyl (C=O) groups is 3. The van der Waals surface area contributed by atoms with Gasteiger partial charge in [-0.25, -0.2) is 0 Å². The first-order chi connectivity index (χ1) is 29.5. The molecule has 0 aromatic heterocycles. The standard InChI is InChI=1S/C49H51N3O8Si/c1-31-46(61(4,5)37-23-20-35(57-2)21-24-37)44(28-45(54)50-26-10-11-34(50)30-53)60-49(31)39-27-36(58-3)22-25-40(39)51(48(49)56)29-32-16-18-33(19-17-32)52-41-13-7-9-15-43(41)59-42-14-8-6-12-38(42)47(52)55/h6-9,12-25,27,31,34,44,46,53H,10-11,26,28-30H2,1-5H3/t31-,34+,44+,46-,49+/m1/s1. The molecule has 0 saturated carbocycles. The van der Waals surface area contributed by atoms with Gasteiger partial charge >= 0.3 is 0 Å². The number of methoxy groups -OCH3 is 2. The molecule has 61 heavy (non-hydrogen) atoms. The number of amides is 3. The van der Waals surface area contributed by atoms with Crippen LogP contribution in [0.1, 0.15) is 47.7 Å². The quantitative estimate of drug-likeness (QED) is 0.141. The third kappa shape index (κ3) is 6.68. The van der Waals surface area contributed by atoms with E-state index in [4.69, 9.17) is 18.9 Å². The van der Waals surface area contributed by atoms with Crippen molar-refractivity contribution < 1.29 is 38.4 Å². The number of aliphatic hydroxyl groups excluding tert-OH is 1. The summed E-state index contributed by atoms with van der Waals surface area (Å²) in [4.78, 5) is 49.1. The summed E-state index contributed by atoms with van der Waals surface area (Å²) in [5.74, 6) is 1.64. The van der Waals surface area contributed by atoms with Crippen LogP contribution < -0.4 is 29.2 Å². The molecule has 9 rings (SSSR count). The van der Waals surface area contributed by atoms with E-state index in [0.29, 0.717) is 40.7 Å². The molecule has 0 bridgehead atoms. The van der Waals surface area contributed by atoms with Crippen molar-refractivity contribution in [2.75, 3.05) is 37.2 Å². The van der Waals surface area contributed by atoms with E-state index in [-0.39, 0.29) is 54.8 Å². The van der Waals surface area contributed by atoms with Gasteiger partial charge in [0.2, 0.25) is 5.91 Å². The average molecular weight is 838 g/mol. The number of fused-ring (bicyclic) bond motifs is 4. The highest BCUT2D eigenvalue weighted by Crippen LogP contribution is 2.60. The summed E-state index contributed by atoms with van der Waals surface area (Å²) < 4.78 is 24.8. The first kappa shape index (κ1) is 40.5. The number of benzene rings is 5. The molecule has 1 spiro atoms. The maximum Gasteiger partial charge on any atom is 0.266 e. The zero-order valence-corrected chi connectivity index (χ0v) is 36.2. The molecule has 5 atom stereocenters. The zero-order chi connectivity index (χ0) is 42.6. The Labute approximate surface area is 357 Å². The minimum Gasteiger partial charge on any atom is -0.497 e. The number of nitrogens with zero attached hydrogens (tertiary/aromatic N) is 3. The fourth-order valence-corrected chi connectivity index (χ4v) is 14.4. The second kappa shape index (κ2) is 15.8. The summed E-state index contributed by atoms with van der Waals surface area (Å²) in [5, 5.41) is 11.3. The van der Waals surface area contributed by atoms with Crippen molar-refractivity contribution in [3.63, 3.8) is 0 Å². The van der Waals surface area contributed by atoms with Gasteiger partial charge in [0.25, 0.3) is 11.8 Å². The second-order valence-electron chi connectivity index (χ2n) is 17.1. The van der Waals surface area contributed by atoms with Gasteiger partial charge in [0, 0.05) is 23.7 Å². The Bertz CT molecular complexity index is 2490. The monoisotopic (exact) mass is 837 g/mol. The molecule has 1 N–H and O–H groups in total. The van der Waals surface area contributed by atoms with Crippen molar-refractivity contribution in [1.82, 2.24) is 4.90 Å². The smallest absolute Gasteiger partial charge is 0.266 e. The zero-order valence-electron chi connectivity index (χ0n) is 35.2. The predicted molar refractivity (Wildman–Crippen MR) is 236 cm³/mol. The van der Waals surface area contributed by atoms with E-state index in [1.165, 1.54) is 5.19 Å². The first-order valence-corrected chi connectivity index (χ1v) is 24.1. The van der Waals surface area contributed by atoms with Crippen LogP contribution in [0.15, 0.2) is 115 Å². The summed E-state index contributed by atoms with van der Waals surface area (Å²) in [6.07, 6.45) is 1.12. The van der Waals surface area contributed by atoms with E-state index < -0.39 is 19.8 Å². The molecule has 12 heteroatoms. The molecular formula is C49H51N3O8Si. The molecule has 0 unspecified atom stereocenters. The Hall–Kier alpha value is -5.95. The van der Waals surface area contributed by atoms with Gasteiger partial charge in [-0.05, 0) is 90.7 Å². The highest BCUT2D eigenvalue weighted by atomic mass is 28.3. The van der Waals surface area contributed by atoms with Gasteiger partial charge in [0.1, 0.15) is 17.2 Å². The van der Waals surface area contributed by atoms with E-state index >= 15 is 4.79 Å². The van der Waals surface area contributed by atoms with Crippen LogP contribution in [-0.2, 0) is 26.5 Å². The molecule has 3 amide bonds. The molecule has 5 aromatic rings. The number of ether oxygens (including phenoxy) is 4. The van der Waals surface area contributed by atoms with Crippen LogP contribution in [0.4, 0.5) is 17.1 Å². The van der Waals surface area contributed by atoms with Crippen LogP contribution in [0, 0.1) is 5.92 Å². The molecule has 0 aliphatic carbocycles. The minimum absolute atomic E-state index is 0.0656. The lowest BCUT2D eigenvalue weighted by atomic mass is 9.82. The molecule has 2 saturated heterocycles. The fourth-order valence-electron chi connectivity index (χ4n) is 10.4. The molecule has 2 fully saturated rings. The Kier molecular flexibility index (Phi) is 10.5. The van der Waals surface area contributed by atoms with Gasteiger partial charge < -0.3 is 33.9 Å². The van der Waals surface area contributed by atoms with Gasteiger partial charge in [0.15, 0.2) is 11.4 Å². The molecule has 4 aliphatic heterocycles. The van der Waals surface area contributed by atoms with Crippen molar-refractivity contribution in [1.29, 1.82) is 0 Å². The van der Waals surface area contributed by atoms with Crippen LogP contribution in [0.2, 0.25) is 18.6 Å². The lowest BCUT2D eigenvalue weighted by Gasteiger charge is -2.37. The van der Waals surface area contributed by atoms with Crippen LogP contribution in [0.3, 0.4) is 0 Å². The van der Waals surface area contributed by atoms with Crippen molar-refractivity contribution in [3.05, 3.63) is 132 Å². The van der Waals surface area contributed by atoms with E-state index in [1.807, 2.05) is 91.0 Å². The van der Waals surface area contributed by atoms with Crippen LogP contribution >= 0.6 is 0 Å². The lowest BCUT2D eigenvalue weighted by molar-refractivity contribution is -0.150. The lowest BCUT2D eigenvalue weighted by Crippen LogP contribution is -2.52. The highest BCUT2D eigenvalue weighted by molar-refractivity contribution is 6.91.